The van der Waals surface area contributed by atoms with Gasteiger partial charge in [-0.1, -0.05) is 13.3 Å². The van der Waals surface area contributed by atoms with Crippen molar-refractivity contribution in [3.63, 3.8) is 0 Å². The SMILES string of the molecule is CCC[C@@H](N)COCC(=O)N(C)CCOC. The highest BCUT2D eigenvalue weighted by Crippen LogP contribution is 1.94. The van der Waals surface area contributed by atoms with Crippen molar-refractivity contribution in [1.29, 1.82) is 0 Å². The molecular formula is C11H24N2O3. The molecule has 16 heavy (non-hydrogen) atoms. The Labute approximate surface area is 97.9 Å². The number of nitrogens with two attached hydrogens (primary N) is 1. The van der Waals surface area contributed by atoms with Crippen LogP contribution < -0.4 is 5.73 Å². The maximum Gasteiger partial charge on any atom is 0.248 e. The van der Waals surface area contributed by atoms with E-state index in [1.54, 1.807) is 19.1 Å². The second-order valence-electron chi connectivity index (χ2n) is 3.87. The summed E-state index contributed by atoms with van der Waals surface area (Å²) in [5.74, 6) is -0.0410. The summed E-state index contributed by atoms with van der Waals surface area (Å²) in [4.78, 5) is 13.1. The molecule has 2 N–H and O–H groups in total. The Balaban J connectivity index is 3.56. The van der Waals surface area contributed by atoms with E-state index >= 15 is 0 Å². The van der Waals surface area contributed by atoms with Crippen molar-refractivity contribution in [2.75, 3.05) is 40.5 Å². The number of carbonyl (C=O) groups is 1. The summed E-state index contributed by atoms with van der Waals surface area (Å²) in [5.41, 5.74) is 5.76. The lowest BCUT2D eigenvalue weighted by molar-refractivity contribution is -0.135. The molecule has 0 spiro atoms. The van der Waals surface area contributed by atoms with Crippen LogP contribution in [0.25, 0.3) is 0 Å². The average Bonchev–Trinajstić information content (AvgIpc) is 2.26. The fourth-order valence-corrected chi connectivity index (χ4v) is 1.21. The summed E-state index contributed by atoms with van der Waals surface area (Å²) in [6.07, 6.45) is 1.96. The van der Waals surface area contributed by atoms with Crippen LogP contribution in [0.15, 0.2) is 0 Å². The smallest absolute Gasteiger partial charge is 0.248 e. The first-order valence-electron chi connectivity index (χ1n) is 5.68. The third-order valence-electron chi connectivity index (χ3n) is 2.27. The van der Waals surface area contributed by atoms with Gasteiger partial charge in [0.25, 0.3) is 0 Å². The van der Waals surface area contributed by atoms with Gasteiger partial charge in [-0.2, -0.15) is 0 Å². The van der Waals surface area contributed by atoms with Crippen molar-refractivity contribution in [3.05, 3.63) is 0 Å². The Morgan fingerprint density at radius 1 is 1.50 bits per heavy atom. The monoisotopic (exact) mass is 232 g/mol. The number of methoxy groups -OCH3 is 1. The lowest BCUT2D eigenvalue weighted by Gasteiger charge is -2.17. The molecule has 0 aliphatic rings. The van der Waals surface area contributed by atoms with E-state index in [9.17, 15) is 4.79 Å². The predicted molar refractivity (Wildman–Crippen MR) is 63.2 cm³/mol. The van der Waals surface area contributed by atoms with Gasteiger partial charge < -0.3 is 20.1 Å². The molecule has 0 saturated carbocycles. The molecule has 5 heteroatoms. The molecule has 0 aromatic carbocycles. The first kappa shape index (κ1) is 15.3. The molecule has 0 bridgehead atoms. The first-order valence-corrected chi connectivity index (χ1v) is 5.68. The Kier molecular flexibility index (Phi) is 9.18. The largest absolute Gasteiger partial charge is 0.383 e. The second kappa shape index (κ2) is 9.57. The van der Waals surface area contributed by atoms with Gasteiger partial charge in [-0.05, 0) is 6.42 Å². The number of rotatable bonds is 9. The van der Waals surface area contributed by atoms with Gasteiger partial charge in [0.05, 0.1) is 13.2 Å². The van der Waals surface area contributed by atoms with Crippen LogP contribution in [0.4, 0.5) is 0 Å². The number of carbonyl (C=O) groups excluding carboxylic acids is 1. The number of hydrogen-bond donors (Lipinski definition) is 1. The highest BCUT2D eigenvalue weighted by molar-refractivity contribution is 5.77. The fourth-order valence-electron chi connectivity index (χ4n) is 1.21. The molecule has 0 rings (SSSR count). The molecule has 0 aromatic rings. The summed E-state index contributed by atoms with van der Waals surface area (Å²) in [7, 11) is 3.34. The summed E-state index contributed by atoms with van der Waals surface area (Å²) in [5, 5.41) is 0. The van der Waals surface area contributed by atoms with Gasteiger partial charge in [0, 0.05) is 26.7 Å². The van der Waals surface area contributed by atoms with E-state index in [0.29, 0.717) is 19.8 Å². The van der Waals surface area contributed by atoms with Crippen molar-refractivity contribution in [1.82, 2.24) is 4.90 Å². The summed E-state index contributed by atoms with van der Waals surface area (Å²) in [6, 6.07) is 0.0297. The number of ether oxygens (including phenoxy) is 2. The maximum atomic E-state index is 11.5. The summed E-state index contributed by atoms with van der Waals surface area (Å²) < 4.78 is 10.1. The summed E-state index contributed by atoms with van der Waals surface area (Å²) >= 11 is 0. The molecule has 0 aliphatic carbocycles. The zero-order chi connectivity index (χ0) is 12.4. The molecule has 0 unspecified atom stereocenters. The fraction of sp³-hybridized carbons (Fsp3) is 0.909. The molecular weight excluding hydrogens is 208 g/mol. The molecule has 0 heterocycles. The van der Waals surface area contributed by atoms with Crippen molar-refractivity contribution < 1.29 is 14.3 Å². The highest BCUT2D eigenvalue weighted by atomic mass is 16.5. The second-order valence-corrected chi connectivity index (χ2v) is 3.87. The Morgan fingerprint density at radius 3 is 2.75 bits per heavy atom. The van der Waals surface area contributed by atoms with Crippen molar-refractivity contribution in [2.24, 2.45) is 5.73 Å². The molecule has 1 amide bonds. The van der Waals surface area contributed by atoms with Gasteiger partial charge in [0.2, 0.25) is 5.91 Å². The van der Waals surface area contributed by atoms with Crippen LogP contribution in [0, 0.1) is 0 Å². The standard InChI is InChI=1S/C11H24N2O3/c1-4-5-10(12)8-16-9-11(14)13(2)6-7-15-3/h10H,4-9,12H2,1-3H3/t10-/m1/s1. The molecule has 0 fully saturated rings. The molecule has 0 aliphatic heterocycles. The van der Waals surface area contributed by atoms with E-state index in [2.05, 4.69) is 6.92 Å². The van der Waals surface area contributed by atoms with E-state index in [1.165, 1.54) is 0 Å². The minimum absolute atomic E-state index is 0.0297. The van der Waals surface area contributed by atoms with Crippen LogP contribution in [0.1, 0.15) is 19.8 Å². The number of likely N-dealkylation sites (N-methyl/N-ethyl adjacent to an activating group) is 1. The molecule has 96 valence electrons. The predicted octanol–water partition coefficient (Wildman–Crippen LogP) is 0.235. The normalized spacial score (nSPS) is 12.5. The van der Waals surface area contributed by atoms with Crippen LogP contribution in [-0.4, -0.2) is 57.4 Å². The van der Waals surface area contributed by atoms with Gasteiger partial charge in [-0.3, -0.25) is 4.79 Å². The molecule has 5 nitrogen and oxygen atoms in total. The topological polar surface area (TPSA) is 64.8 Å². The van der Waals surface area contributed by atoms with Gasteiger partial charge in [-0.25, -0.2) is 0 Å². The van der Waals surface area contributed by atoms with Crippen LogP contribution in [0.5, 0.6) is 0 Å². The third-order valence-corrected chi connectivity index (χ3v) is 2.27. The minimum Gasteiger partial charge on any atom is -0.383 e. The van der Waals surface area contributed by atoms with E-state index in [-0.39, 0.29) is 18.6 Å². The van der Waals surface area contributed by atoms with E-state index in [1.807, 2.05) is 0 Å². The van der Waals surface area contributed by atoms with E-state index < -0.39 is 0 Å². The quantitative estimate of drug-likeness (QED) is 0.618. The van der Waals surface area contributed by atoms with Crippen molar-refractivity contribution in [2.45, 2.75) is 25.8 Å². The maximum absolute atomic E-state index is 11.5. The third kappa shape index (κ3) is 7.62. The number of hydrogen-bond acceptors (Lipinski definition) is 4. The van der Waals surface area contributed by atoms with Crippen molar-refractivity contribution in [3.8, 4) is 0 Å². The molecule has 0 saturated heterocycles. The van der Waals surface area contributed by atoms with Crippen LogP contribution in [-0.2, 0) is 14.3 Å². The van der Waals surface area contributed by atoms with Crippen LogP contribution >= 0.6 is 0 Å². The average molecular weight is 232 g/mol. The van der Waals surface area contributed by atoms with Gasteiger partial charge >= 0.3 is 0 Å². The highest BCUT2D eigenvalue weighted by Gasteiger charge is 2.09. The zero-order valence-corrected chi connectivity index (χ0v) is 10.6. The number of nitrogens with zero attached hydrogens (tertiary/aromatic N) is 1. The van der Waals surface area contributed by atoms with Crippen LogP contribution in [0.2, 0.25) is 0 Å². The lowest BCUT2D eigenvalue weighted by atomic mass is 10.2. The Bertz CT molecular complexity index is 188. The molecule has 0 aromatic heterocycles. The lowest BCUT2D eigenvalue weighted by Crippen LogP contribution is -2.35. The van der Waals surface area contributed by atoms with Gasteiger partial charge in [0.1, 0.15) is 6.61 Å². The Morgan fingerprint density at radius 2 is 2.19 bits per heavy atom. The first-order chi connectivity index (χ1) is 7.61. The van der Waals surface area contributed by atoms with Gasteiger partial charge in [-0.15, -0.1) is 0 Å². The Hall–Kier alpha value is -0.650. The number of amides is 1. The van der Waals surface area contributed by atoms with Crippen molar-refractivity contribution >= 4 is 5.91 Å². The zero-order valence-electron chi connectivity index (χ0n) is 10.6. The summed E-state index contributed by atoms with van der Waals surface area (Å²) in [6.45, 7) is 3.73. The van der Waals surface area contributed by atoms with E-state index in [0.717, 1.165) is 12.8 Å². The van der Waals surface area contributed by atoms with Crippen LogP contribution in [0.3, 0.4) is 0 Å². The minimum atomic E-state index is -0.0410. The van der Waals surface area contributed by atoms with E-state index in [4.69, 9.17) is 15.2 Å². The molecule has 0 radical (unpaired) electrons. The van der Waals surface area contributed by atoms with Gasteiger partial charge in [0.15, 0.2) is 0 Å². The molecule has 1 atom stereocenters.